The Morgan fingerprint density at radius 2 is 2.22 bits per heavy atom. The van der Waals surface area contributed by atoms with Crippen LogP contribution in [0.25, 0.3) is 0 Å². The number of furan rings is 1. The fourth-order valence-corrected chi connectivity index (χ4v) is 1.84. The summed E-state index contributed by atoms with van der Waals surface area (Å²) >= 11 is 0. The third kappa shape index (κ3) is 2.71. The van der Waals surface area contributed by atoms with E-state index in [4.69, 9.17) is 10.2 Å². The first kappa shape index (κ1) is 12.6. The van der Waals surface area contributed by atoms with Crippen molar-refractivity contribution in [3.05, 3.63) is 47.5 Å². The third-order valence-electron chi connectivity index (χ3n) is 3.06. The Morgan fingerprint density at radius 1 is 1.44 bits per heavy atom. The molecule has 2 aromatic heterocycles. The van der Waals surface area contributed by atoms with Gasteiger partial charge in [-0.25, -0.2) is 4.98 Å². The Balaban J connectivity index is 2.16. The quantitative estimate of drug-likeness (QED) is 0.899. The number of hydrogen-bond donors (Lipinski definition) is 1. The summed E-state index contributed by atoms with van der Waals surface area (Å²) in [4.78, 5) is 6.46. The van der Waals surface area contributed by atoms with E-state index in [1.165, 1.54) is 5.56 Å². The number of nitrogens with two attached hydrogens (primary N) is 1. The van der Waals surface area contributed by atoms with Gasteiger partial charge in [-0.3, -0.25) is 0 Å². The van der Waals surface area contributed by atoms with Gasteiger partial charge in [-0.15, -0.1) is 0 Å². The fourth-order valence-electron chi connectivity index (χ4n) is 1.84. The molecule has 0 aromatic carbocycles. The highest BCUT2D eigenvalue weighted by Gasteiger charge is 2.09. The summed E-state index contributed by atoms with van der Waals surface area (Å²) < 4.78 is 5.30. The molecule has 0 saturated heterocycles. The zero-order chi connectivity index (χ0) is 13.1. The van der Waals surface area contributed by atoms with Gasteiger partial charge >= 0.3 is 0 Å². The maximum Gasteiger partial charge on any atom is 0.128 e. The van der Waals surface area contributed by atoms with E-state index in [9.17, 15) is 0 Å². The molecule has 0 bridgehead atoms. The molecule has 0 fully saturated rings. The Hall–Kier alpha value is -1.81. The first-order valence-electron chi connectivity index (χ1n) is 6.03. The second kappa shape index (κ2) is 5.23. The molecule has 0 amide bonds. The monoisotopic (exact) mass is 245 g/mol. The summed E-state index contributed by atoms with van der Waals surface area (Å²) in [5.41, 5.74) is 8.15. The number of anilines is 1. The van der Waals surface area contributed by atoms with Crippen LogP contribution in [0.1, 0.15) is 29.9 Å². The van der Waals surface area contributed by atoms with Gasteiger partial charge in [0.15, 0.2) is 0 Å². The van der Waals surface area contributed by atoms with Crippen LogP contribution < -0.4 is 10.6 Å². The normalized spacial score (nSPS) is 12.4. The van der Waals surface area contributed by atoms with Gasteiger partial charge < -0.3 is 15.1 Å². The van der Waals surface area contributed by atoms with E-state index in [1.54, 1.807) is 12.5 Å². The topological polar surface area (TPSA) is 55.3 Å². The second-order valence-electron chi connectivity index (χ2n) is 4.59. The molecule has 2 rings (SSSR count). The summed E-state index contributed by atoms with van der Waals surface area (Å²) in [5, 5.41) is 0. The van der Waals surface area contributed by atoms with Gasteiger partial charge in [0.1, 0.15) is 11.6 Å². The van der Waals surface area contributed by atoms with Crippen molar-refractivity contribution in [2.75, 3.05) is 11.9 Å². The molecule has 2 heterocycles. The molecule has 1 unspecified atom stereocenters. The molecule has 4 nitrogen and oxygen atoms in total. The smallest absolute Gasteiger partial charge is 0.128 e. The van der Waals surface area contributed by atoms with Crippen LogP contribution in [-0.2, 0) is 6.54 Å². The average molecular weight is 245 g/mol. The number of aryl methyl sites for hydroxylation is 1. The van der Waals surface area contributed by atoms with Crippen molar-refractivity contribution in [1.29, 1.82) is 0 Å². The second-order valence-corrected chi connectivity index (χ2v) is 4.59. The highest BCUT2D eigenvalue weighted by Crippen LogP contribution is 2.19. The van der Waals surface area contributed by atoms with E-state index in [2.05, 4.69) is 9.88 Å². The largest absolute Gasteiger partial charge is 0.469 e. The van der Waals surface area contributed by atoms with Crippen LogP contribution in [0.3, 0.4) is 0 Å². The van der Waals surface area contributed by atoms with Crippen LogP contribution in [0, 0.1) is 6.92 Å². The molecule has 0 aliphatic carbocycles. The van der Waals surface area contributed by atoms with Crippen LogP contribution >= 0.6 is 0 Å². The number of pyridine rings is 1. The SMILES string of the molecule is Cc1occc1CN(C)c1cc(C(C)N)ccn1. The molecule has 96 valence electrons. The van der Waals surface area contributed by atoms with Crippen molar-refractivity contribution >= 4 is 5.82 Å². The Labute approximate surface area is 107 Å². The van der Waals surface area contributed by atoms with Crippen molar-refractivity contribution in [2.45, 2.75) is 26.4 Å². The predicted octanol–water partition coefficient (Wildman–Crippen LogP) is 2.64. The van der Waals surface area contributed by atoms with Crippen LogP contribution in [-0.4, -0.2) is 12.0 Å². The number of nitrogens with zero attached hydrogens (tertiary/aromatic N) is 2. The molecule has 1 atom stereocenters. The fraction of sp³-hybridized carbons (Fsp3) is 0.357. The van der Waals surface area contributed by atoms with E-state index in [-0.39, 0.29) is 6.04 Å². The maximum absolute atomic E-state index is 5.88. The maximum atomic E-state index is 5.88. The van der Waals surface area contributed by atoms with Crippen molar-refractivity contribution in [3.63, 3.8) is 0 Å². The molecule has 0 aliphatic heterocycles. The average Bonchev–Trinajstić information content (AvgIpc) is 2.75. The van der Waals surface area contributed by atoms with Crippen LogP contribution in [0.15, 0.2) is 35.1 Å². The minimum atomic E-state index is 0.0239. The summed E-state index contributed by atoms with van der Waals surface area (Å²) in [5.74, 6) is 1.87. The van der Waals surface area contributed by atoms with Crippen LogP contribution in [0.2, 0.25) is 0 Å². The zero-order valence-corrected chi connectivity index (χ0v) is 11.1. The number of aromatic nitrogens is 1. The molecule has 0 saturated carbocycles. The van der Waals surface area contributed by atoms with Crippen LogP contribution in [0.5, 0.6) is 0 Å². The lowest BCUT2D eigenvalue weighted by Crippen LogP contribution is -2.18. The summed E-state index contributed by atoms with van der Waals surface area (Å²) in [6, 6.07) is 5.99. The molecule has 18 heavy (non-hydrogen) atoms. The number of rotatable bonds is 4. The predicted molar refractivity (Wildman–Crippen MR) is 72.4 cm³/mol. The molecule has 2 N–H and O–H groups in total. The molecular weight excluding hydrogens is 226 g/mol. The lowest BCUT2D eigenvalue weighted by atomic mass is 10.1. The highest BCUT2D eigenvalue weighted by atomic mass is 16.3. The highest BCUT2D eigenvalue weighted by molar-refractivity contribution is 5.42. The van der Waals surface area contributed by atoms with Gasteiger partial charge in [0.2, 0.25) is 0 Å². The van der Waals surface area contributed by atoms with E-state index in [1.807, 2.05) is 39.1 Å². The zero-order valence-electron chi connectivity index (χ0n) is 11.1. The van der Waals surface area contributed by atoms with Gasteiger partial charge in [0.05, 0.1) is 6.26 Å². The lowest BCUT2D eigenvalue weighted by Gasteiger charge is -2.19. The molecule has 0 spiro atoms. The van der Waals surface area contributed by atoms with Crippen molar-refractivity contribution < 1.29 is 4.42 Å². The van der Waals surface area contributed by atoms with Gasteiger partial charge in [-0.2, -0.15) is 0 Å². The third-order valence-corrected chi connectivity index (χ3v) is 3.06. The van der Waals surface area contributed by atoms with Gasteiger partial charge in [0.25, 0.3) is 0 Å². The van der Waals surface area contributed by atoms with Crippen LogP contribution in [0.4, 0.5) is 5.82 Å². The van der Waals surface area contributed by atoms with E-state index >= 15 is 0 Å². The van der Waals surface area contributed by atoms with Crippen molar-refractivity contribution in [2.24, 2.45) is 5.73 Å². The first-order valence-corrected chi connectivity index (χ1v) is 6.03. The molecular formula is C14H19N3O. The minimum Gasteiger partial charge on any atom is -0.469 e. The molecule has 2 aromatic rings. The Kier molecular flexibility index (Phi) is 3.67. The standard InChI is InChI=1S/C14H19N3O/c1-10(15)12-4-6-16-14(8-12)17(3)9-13-5-7-18-11(13)2/h4-8,10H,9,15H2,1-3H3. The molecule has 4 heteroatoms. The summed E-state index contributed by atoms with van der Waals surface area (Å²) in [6.07, 6.45) is 3.51. The van der Waals surface area contributed by atoms with E-state index in [0.29, 0.717) is 0 Å². The van der Waals surface area contributed by atoms with E-state index in [0.717, 1.165) is 23.7 Å². The van der Waals surface area contributed by atoms with E-state index < -0.39 is 0 Å². The number of hydrogen-bond acceptors (Lipinski definition) is 4. The lowest BCUT2D eigenvalue weighted by molar-refractivity contribution is 0.529. The minimum absolute atomic E-state index is 0.0239. The van der Waals surface area contributed by atoms with Gasteiger partial charge in [-0.05, 0) is 37.6 Å². The first-order chi connectivity index (χ1) is 8.58. The summed E-state index contributed by atoms with van der Waals surface area (Å²) in [6.45, 7) is 4.71. The van der Waals surface area contributed by atoms with Crippen molar-refractivity contribution in [3.8, 4) is 0 Å². The molecule has 0 radical (unpaired) electrons. The van der Waals surface area contributed by atoms with Gasteiger partial charge in [-0.1, -0.05) is 0 Å². The molecule has 0 aliphatic rings. The Bertz CT molecular complexity index is 519. The van der Waals surface area contributed by atoms with Gasteiger partial charge in [0, 0.05) is 31.4 Å². The Morgan fingerprint density at radius 3 is 2.83 bits per heavy atom. The van der Waals surface area contributed by atoms with Crippen molar-refractivity contribution in [1.82, 2.24) is 4.98 Å². The summed E-state index contributed by atoms with van der Waals surface area (Å²) in [7, 11) is 2.01.